The van der Waals surface area contributed by atoms with Gasteiger partial charge in [0.15, 0.2) is 0 Å². The monoisotopic (exact) mass is 502 g/mol. The molecule has 0 unspecified atom stereocenters. The summed E-state index contributed by atoms with van der Waals surface area (Å²) < 4.78 is 34.4. The Bertz CT molecular complexity index is 1200. The third-order valence-electron chi connectivity index (χ3n) is 4.66. The molecule has 0 atom stereocenters. The van der Waals surface area contributed by atoms with Crippen molar-refractivity contribution in [1.29, 1.82) is 0 Å². The van der Waals surface area contributed by atoms with E-state index in [1.807, 2.05) is 32.0 Å². The van der Waals surface area contributed by atoms with Crippen LogP contribution in [0.5, 0.6) is 5.75 Å². The molecule has 31 heavy (non-hydrogen) atoms. The molecule has 0 aliphatic rings. The zero-order valence-corrected chi connectivity index (χ0v) is 19.8. The fourth-order valence-electron chi connectivity index (χ4n) is 3.07. The lowest BCUT2D eigenvalue weighted by Gasteiger charge is -2.26. The average molecular weight is 503 g/mol. The molecule has 0 spiro atoms. The number of sulfonamides is 1. The number of aryl methyl sites for hydroxylation is 2. The van der Waals surface area contributed by atoms with Gasteiger partial charge in [-0.05, 0) is 67.4 Å². The number of anilines is 2. The molecule has 0 fully saturated rings. The molecule has 0 aliphatic heterocycles. The Morgan fingerprint density at radius 2 is 1.74 bits per heavy atom. The summed E-state index contributed by atoms with van der Waals surface area (Å²) in [5, 5.41) is 2.78. The first-order valence-electron chi connectivity index (χ1n) is 9.51. The van der Waals surface area contributed by atoms with Gasteiger partial charge in [-0.2, -0.15) is 0 Å². The maximum atomic E-state index is 13.5. The van der Waals surface area contributed by atoms with Crippen molar-refractivity contribution >= 4 is 43.2 Å². The Labute approximate surface area is 191 Å². The molecule has 1 amide bonds. The number of ether oxygens (including phenoxy) is 1. The van der Waals surface area contributed by atoms with Gasteiger partial charge in [0.2, 0.25) is 5.91 Å². The van der Waals surface area contributed by atoms with Crippen LogP contribution in [0.2, 0.25) is 0 Å². The molecule has 162 valence electrons. The lowest BCUT2D eigenvalue weighted by molar-refractivity contribution is -0.114. The molecule has 0 saturated heterocycles. The van der Waals surface area contributed by atoms with E-state index in [9.17, 15) is 13.2 Å². The topological polar surface area (TPSA) is 75.7 Å². The predicted octanol–water partition coefficient (Wildman–Crippen LogP) is 4.91. The Hall–Kier alpha value is -2.84. The second-order valence-electron chi connectivity index (χ2n) is 7.01. The van der Waals surface area contributed by atoms with Crippen molar-refractivity contribution in [2.45, 2.75) is 18.7 Å². The van der Waals surface area contributed by atoms with Gasteiger partial charge in [-0.3, -0.25) is 9.10 Å². The summed E-state index contributed by atoms with van der Waals surface area (Å²) in [5.41, 5.74) is 2.67. The third-order valence-corrected chi connectivity index (χ3v) is 7.33. The number of nitrogens with zero attached hydrogens (tertiary/aromatic N) is 1. The van der Waals surface area contributed by atoms with E-state index in [1.54, 1.807) is 36.4 Å². The zero-order valence-electron chi connectivity index (χ0n) is 17.4. The number of hydrogen-bond acceptors (Lipinski definition) is 4. The highest BCUT2D eigenvalue weighted by Gasteiger charge is 2.29. The largest absolute Gasteiger partial charge is 0.495 e. The summed E-state index contributed by atoms with van der Waals surface area (Å²) in [5.74, 6) is -0.109. The minimum Gasteiger partial charge on any atom is -0.495 e. The number of nitrogens with one attached hydrogen (secondary N) is 1. The van der Waals surface area contributed by atoms with Crippen LogP contribution in [0, 0.1) is 13.8 Å². The number of amides is 1. The standard InChI is InChI=1S/C23H23BrN2O4S/c1-16-9-12-22(30-3)21(13-16)26(31(28,29)19-7-5-4-6-8-19)15-23(27)25-18-10-11-20(24)17(2)14-18/h4-14H,15H2,1-3H3,(H,25,27). The minimum absolute atomic E-state index is 0.0887. The highest BCUT2D eigenvalue weighted by atomic mass is 79.9. The van der Waals surface area contributed by atoms with Crippen LogP contribution in [-0.4, -0.2) is 28.0 Å². The van der Waals surface area contributed by atoms with Gasteiger partial charge in [0.05, 0.1) is 17.7 Å². The highest BCUT2D eigenvalue weighted by molar-refractivity contribution is 9.10. The van der Waals surface area contributed by atoms with Gasteiger partial charge >= 0.3 is 0 Å². The normalized spacial score (nSPS) is 11.1. The molecule has 3 aromatic carbocycles. The lowest BCUT2D eigenvalue weighted by Crippen LogP contribution is -2.38. The van der Waals surface area contributed by atoms with Gasteiger partial charge in [0.25, 0.3) is 10.0 Å². The van der Waals surface area contributed by atoms with Crippen LogP contribution in [0.3, 0.4) is 0 Å². The first kappa shape index (κ1) is 22.8. The van der Waals surface area contributed by atoms with Crippen molar-refractivity contribution < 1.29 is 17.9 Å². The van der Waals surface area contributed by atoms with Gasteiger partial charge in [-0.25, -0.2) is 8.42 Å². The second-order valence-corrected chi connectivity index (χ2v) is 9.73. The number of benzene rings is 3. The predicted molar refractivity (Wildman–Crippen MR) is 126 cm³/mol. The first-order chi connectivity index (χ1) is 14.7. The smallest absolute Gasteiger partial charge is 0.264 e. The van der Waals surface area contributed by atoms with E-state index in [0.717, 1.165) is 19.9 Å². The Morgan fingerprint density at radius 1 is 1.03 bits per heavy atom. The van der Waals surface area contributed by atoms with Gasteiger partial charge in [-0.15, -0.1) is 0 Å². The summed E-state index contributed by atoms with van der Waals surface area (Å²) in [6.07, 6.45) is 0. The number of rotatable bonds is 7. The van der Waals surface area contributed by atoms with E-state index < -0.39 is 22.5 Å². The molecule has 0 aliphatic carbocycles. The quantitative estimate of drug-likeness (QED) is 0.497. The first-order valence-corrected chi connectivity index (χ1v) is 11.7. The summed E-state index contributed by atoms with van der Waals surface area (Å²) in [7, 11) is -2.56. The average Bonchev–Trinajstić information content (AvgIpc) is 2.75. The molecule has 0 aromatic heterocycles. The van der Waals surface area contributed by atoms with Gasteiger partial charge < -0.3 is 10.1 Å². The third kappa shape index (κ3) is 5.26. The molecule has 1 N–H and O–H groups in total. The highest BCUT2D eigenvalue weighted by Crippen LogP contribution is 2.33. The summed E-state index contributed by atoms with van der Waals surface area (Å²) in [4.78, 5) is 13.0. The van der Waals surface area contributed by atoms with Gasteiger partial charge in [0.1, 0.15) is 12.3 Å². The van der Waals surface area contributed by atoms with Gasteiger partial charge in [0, 0.05) is 10.2 Å². The van der Waals surface area contributed by atoms with Crippen LogP contribution in [0.1, 0.15) is 11.1 Å². The molecule has 0 saturated carbocycles. The van der Waals surface area contributed by atoms with Crippen LogP contribution in [-0.2, 0) is 14.8 Å². The SMILES string of the molecule is COc1ccc(C)cc1N(CC(=O)Nc1ccc(Br)c(C)c1)S(=O)(=O)c1ccccc1. The van der Waals surface area contributed by atoms with Crippen LogP contribution in [0.25, 0.3) is 0 Å². The Morgan fingerprint density at radius 3 is 2.39 bits per heavy atom. The summed E-state index contributed by atoms with van der Waals surface area (Å²) >= 11 is 3.43. The van der Waals surface area contributed by atoms with Crippen molar-refractivity contribution in [3.05, 3.63) is 82.3 Å². The Kier molecular flexibility index (Phi) is 7.02. The number of methoxy groups -OCH3 is 1. The number of carbonyl (C=O) groups is 1. The summed E-state index contributed by atoms with van der Waals surface area (Å²) in [6, 6.07) is 18.6. The zero-order chi connectivity index (χ0) is 22.6. The molecule has 6 nitrogen and oxygen atoms in total. The van der Waals surface area contributed by atoms with Gasteiger partial charge in [-0.1, -0.05) is 40.2 Å². The molecular weight excluding hydrogens is 480 g/mol. The molecule has 0 radical (unpaired) electrons. The van der Waals surface area contributed by atoms with Crippen molar-refractivity contribution in [3.8, 4) is 5.75 Å². The van der Waals surface area contributed by atoms with E-state index >= 15 is 0 Å². The number of hydrogen-bond donors (Lipinski definition) is 1. The van der Waals surface area contributed by atoms with Crippen LogP contribution in [0.4, 0.5) is 11.4 Å². The van der Waals surface area contributed by atoms with E-state index in [-0.39, 0.29) is 4.90 Å². The van der Waals surface area contributed by atoms with Crippen molar-refractivity contribution in [3.63, 3.8) is 0 Å². The van der Waals surface area contributed by atoms with E-state index in [2.05, 4.69) is 21.2 Å². The Balaban J connectivity index is 2.01. The fourth-order valence-corrected chi connectivity index (χ4v) is 4.76. The molecule has 8 heteroatoms. The molecule has 0 bridgehead atoms. The van der Waals surface area contributed by atoms with Crippen LogP contribution < -0.4 is 14.4 Å². The molecule has 0 heterocycles. The number of carbonyl (C=O) groups excluding carboxylic acids is 1. The maximum Gasteiger partial charge on any atom is 0.264 e. The molecule has 3 rings (SSSR count). The second kappa shape index (κ2) is 9.53. The van der Waals surface area contributed by atoms with Crippen LogP contribution >= 0.6 is 15.9 Å². The van der Waals surface area contributed by atoms with Crippen LogP contribution in [0.15, 0.2) is 76.1 Å². The van der Waals surface area contributed by atoms with E-state index in [1.165, 1.54) is 19.2 Å². The minimum atomic E-state index is -4.02. The maximum absolute atomic E-state index is 13.5. The molecule has 3 aromatic rings. The van der Waals surface area contributed by atoms with Crippen molar-refractivity contribution in [2.24, 2.45) is 0 Å². The van der Waals surface area contributed by atoms with E-state index in [4.69, 9.17) is 4.74 Å². The van der Waals surface area contributed by atoms with Crippen molar-refractivity contribution in [2.75, 3.05) is 23.3 Å². The molecular formula is C23H23BrN2O4S. The van der Waals surface area contributed by atoms with E-state index in [0.29, 0.717) is 17.1 Å². The van der Waals surface area contributed by atoms with Crippen molar-refractivity contribution in [1.82, 2.24) is 0 Å². The number of halogens is 1. The lowest BCUT2D eigenvalue weighted by atomic mass is 10.2. The summed E-state index contributed by atoms with van der Waals surface area (Å²) in [6.45, 7) is 3.34. The fraction of sp³-hybridized carbons (Fsp3) is 0.174.